The lowest BCUT2D eigenvalue weighted by Crippen LogP contribution is -2.46. The Morgan fingerprint density at radius 3 is 1.73 bits per heavy atom. The van der Waals surface area contributed by atoms with Crippen LogP contribution in [-0.4, -0.2) is 48.0 Å². The van der Waals surface area contributed by atoms with Crippen LogP contribution in [0.2, 0.25) is 0 Å². The number of aliphatic hydroxyl groups excluding tert-OH is 2. The molecule has 0 fully saturated rings. The molecule has 0 aliphatic carbocycles. The first-order chi connectivity index (χ1) is 6.66. The van der Waals surface area contributed by atoms with Crippen molar-refractivity contribution in [2.24, 2.45) is 10.8 Å². The van der Waals surface area contributed by atoms with E-state index in [0.29, 0.717) is 12.6 Å². The van der Waals surface area contributed by atoms with E-state index in [2.05, 4.69) is 32.6 Å². The van der Waals surface area contributed by atoms with Crippen LogP contribution in [0.25, 0.3) is 0 Å². The van der Waals surface area contributed by atoms with Crippen LogP contribution in [-0.2, 0) is 0 Å². The first-order valence-electron chi connectivity index (χ1n) is 5.58. The highest BCUT2D eigenvalue weighted by Crippen LogP contribution is 2.26. The minimum Gasteiger partial charge on any atom is -0.396 e. The summed E-state index contributed by atoms with van der Waals surface area (Å²) in [6, 6.07) is 0.412. The standard InChI is InChI=1S/C12H27NO2/c1-10(11(2,3)4)13(6)7-12(5,8-14)9-15/h10,14-15H,7-9H2,1-6H3. The molecule has 0 bridgehead atoms. The van der Waals surface area contributed by atoms with Gasteiger partial charge in [-0.3, -0.25) is 0 Å². The van der Waals surface area contributed by atoms with E-state index in [4.69, 9.17) is 0 Å². The maximum absolute atomic E-state index is 9.23. The third kappa shape index (κ3) is 4.49. The molecular weight excluding hydrogens is 190 g/mol. The van der Waals surface area contributed by atoms with Gasteiger partial charge in [0.15, 0.2) is 0 Å². The molecule has 1 atom stereocenters. The fourth-order valence-electron chi connectivity index (χ4n) is 1.55. The van der Waals surface area contributed by atoms with Crippen molar-refractivity contribution in [2.45, 2.75) is 40.7 Å². The molecule has 1 unspecified atom stereocenters. The molecule has 0 aromatic rings. The van der Waals surface area contributed by atoms with Crippen molar-refractivity contribution in [3.05, 3.63) is 0 Å². The molecule has 0 aliphatic rings. The topological polar surface area (TPSA) is 43.7 Å². The van der Waals surface area contributed by atoms with E-state index in [9.17, 15) is 10.2 Å². The summed E-state index contributed by atoms with van der Waals surface area (Å²) < 4.78 is 0. The van der Waals surface area contributed by atoms with E-state index in [1.807, 2.05) is 14.0 Å². The Labute approximate surface area is 94.1 Å². The maximum atomic E-state index is 9.23. The fraction of sp³-hybridized carbons (Fsp3) is 1.00. The molecular formula is C12H27NO2. The van der Waals surface area contributed by atoms with Crippen LogP contribution in [0.5, 0.6) is 0 Å². The van der Waals surface area contributed by atoms with Crippen molar-refractivity contribution in [1.29, 1.82) is 0 Å². The summed E-state index contributed by atoms with van der Waals surface area (Å²) in [6.45, 7) is 11.4. The van der Waals surface area contributed by atoms with E-state index >= 15 is 0 Å². The zero-order valence-corrected chi connectivity index (χ0v) is 11.0. The predicted octanol–water partition coefficient (Wildman–Crippen LogP) is 1.34. The highest BCUT2D eigenvalue weighted by atomic mass is 16.3. The second-order valence-corrected chi connectivity index (χ2v) is 6.08. The van der Waals surface area contributed by atoms with Crippen LogP contribution in [0.3, 0.4) is 0 Å². The van der Waals surface area contributed by atoms with Gasteiger partial charge < -0.3 is 15.1 Å². The van der Waals surface area contributed by atoms with E-state index in [1.54, 1.807) is 0 Å². The van der Waals surface area contributed by atoms with Gasteiger partial charge in [-0.2, -0.15) is 0 Å². The van der Waals surface area contributed by atoms with E-state index < -0.39 is 5.41 Å². The lowest BCUT2D eigenvalue weighted by atomic mass is 9.85. The molecule has 15 heavy (non-hydrogen) atoms. The summed E-state index contributed by atoms with van der Waals surface area (Å²) in [5, 5.41) is 18.5. The van der Waals surface area contributed by atoms with Gasteiger partial charge in [0.25, 0.3) is 0 Å². The summed E-state index contributed by atoms with van der Waals surface area (Å²) >= 11 is 0. The third-order valence-electron chi connectivity index (χ3n) is 3.31. The molecule has 3 nitrogen and oxygen atoms in total. The minimum absolute atomic E-state index is 0.0186. The third-order valence-corrected chi connectivity index (χ3v) is 3.31. The van der Waals surface area contributed by atoms with Gasteiger partial charge in [0, 0.05) is 18.0 Å². The number of nitrogens with zero attached hydrogens (tertiary/aromatic N) is 1. The van der Waals surface area contributed by atoms with Crippen molar-refractivity contribution >= 4 is 0 Å². The van der Waals surface area contributed by atoms with Gasteiger partial charge in [-0.05, 0) is 19.4 Å². The molecule has 3 heteroatoms. The van der Waals surface area contributed by atoms with Crippen LogP contribution >= 0.6 is 0 Å². The number of aliphatic hydroxyl groups is 2. The molecule has 0 rings (SSSR count). The van der Waals surface area contributed by atoms with Gasteiger partial charge in [-0.25, -0.2) is 0 Å². The first-order valence-corrected chi connectivity index (χ1v) is 5.58. The zero-order valence-electron chi connectivity index (χ0n) is 11.0. The smallest absolute Gasteiger partial charge is 0.0519 e. The minimum atomic E-state index is -0.408. The molecule has 0 heterocycles. The van der Waals surface area contributed by atoms with Crippen LogP contribution in [0, 0.1) is 10.8 Å². The number of hydrogen-bond donors (Lipinski definition) is 2. The highest BCUT2D eigenvalue weighted by Gasteiger charge is 2.30. The summed E-state index contributed by atoms with van der Waals surface area (Å²) in [7, 11) is 2.04. The van der Waals surface area contributed by atoms with Crippen LogP contribution in [0.15, 0.2) is 0 Å². The number of rotatable bonds is 5. The Morgan fingerprint density at radius 1 is 1.07 bits per heavy atom. The zero-order chi connectivity index (χ0) is 12.3. The van der Waals surface area contributed by atoms with E-state index in [1.165, 1.54) is 0 Å². The lowest BCUT2D eigenvalue weighted by Gasteiger charge is -2.39. The van der Waals surface area contributed by atoms with E-state index in [0.717, 1.165) is 0 Å². The van der Waals surface area contributed by atoms with Crippen LogP contribution < -0.4 is 0 Å². The molecule has 0 saturated carbocycles. The Morgan fingerprint density at radius 2 is 1.47 bits per heavy atom. The van der Waals surface area contributed by atoms with Gasteiger partial charge in [0.1, 0.15) is 0 Å². The molecule has 0 saturated heterocycles. The predicted molar refractivity (Wildman–Crippen MR) is 63.8 cm³/mol. The van der Waals surface area contributed by atoms with Crippen molar-refractivity contribution < 1.29 is 10.2 Å². The lowest BCUT2D eigenvalue weighted by molar-refractivity contribution is 0.0166. The molecule has 0 aromatic carbocycles. The van der Waals surface area contributed by atoms with Gasteiger partial charge in [0.2, 0.25) is 0 Å². The van der Waals surface area contributed by atoms with Crippen LogP contribution in [0.1, 0.15) is 34.6 Å². The molecule has 92 valence electrons. The SMILES string of the molecule is CC(N(C)CC(C)(CO)CO)C(C)(C)C. The summed E-state index contributed by atoms with van der Waals surface area (Å²) in [5.41, 5.74) is -0.200. The fourth-order valence-corrected chi connectivity index (χ4v) is 1.55. The van der Waals surface area contributed by atoms with Crippen molar-refractivity contribution in [2.75, 3.05) is 26.8 Å². The first kappa shape index (κ1) is 14.9. The van der Waals surface area contributed by atoms with Gasteiger partial charge in [-0.1, -0.05) is 27.7 Å². The molecule has 0 radical (unpaired) electrons. The van der Waals surface area contributed by atoms with E-state index in [-0.39, 0.29) is 18.6 Å². The second kappa shape index (κ2) is 5.28. The van der Waals surface area contributed by atoms with Crippen LogP contribution in [0.4, 0.5) is 0 Å². The summed E-state index contributed by atoms with van der Waals surface area (Å²) in [5.74, 6) is 0. The maximum Gasteiger partial charge on any atom is 0.0519 e. The second-order valence-electron chi connectivity index (χ2n) is 6.08. The average molecular weight is 217 g/mol. The van der Waals surface area contributed by atoms with Crippen molar-refractivity contribution in [3.63, 3.8) is 0 Å². The molecule has 2 N–H and O–H groups in total. The Hall–Kier alpha value is -0.120. The summed E-state index contributed by atoms with van der Waals surface area (Å²) in [6.07, 6.45) is 0. The molecule has 0 amide bonds. The largest absolute Gasteiger partial charge is 0.396 e. The molecule has 0 spiro atoms. The monoisotopic (exact) mass is 217 g/mol. The van der Waals surface area contributed by atoms with Crippen molar-refractivity contribution in [3.8, 4) is 0 Å². The molecule has 0 aliphatic heterocycles. The normalized spacial score (nSPS) is 15.8. The molecule has 0 aromatic heterocycles. The van der Waals surface area contributed by atoms with Gasteiger partial charge in [-0.15, -0.1) is 0 Å². The van der Waals surface area contributed by atoms with Crippen molar-refractivity contribution in [1.82, 2.24) is 4.90 Å². The number of hydrogen-bond acceptors (Lipinski definition) is 3. The van der Waals surface area contributed by atoms with Gasteiger partial charge >= 0.3 is 0 Å². The average Bonchev–Trinajstić information content (AvgIpc) is 2.15. The summed E-state index contributed by atoms with van der Waals surface area (Å²) in [4.78, 5) is 2.20. The quantitative estimate of drug-likeness (QED) is 0.730. The Kier molecular flexibility index (Phi) is 5.24. The Bertz CT molecular complexity index is 183. The Balaban J connectivity index is 4.42. The highest BCUT2D eigenvalue weighted by molar-refractivity contribution is 4.83. The van der Waals surface area contributed by atoms with Gasteiger partial charge in [0.05, 0.1) is 13.2 Å².